The highest BCUT2D eigenvalue weighted by Gasteiger charge is 2.63. The minimum absolute atomic E-state index is 0.0546. The average Bonchev–Trinajstić information content (AvgIpc) is 3.49. The van der Waals surface area contributed by atoms with E-state index in [9.17, 15) is 9.59 Å². The van der Waals surface area contributed by atoms with E-state index in [1.807, 2.05) is 48.0 Å². The number of hydrogen-bond acceptors (Lipinski definition) is 4. The predicted molar refractivity (Wildman–Crippen MR) is 154 cm³/mol. The summed E-state index contributed by atoms with van der Waals surface area (Å²) < 4.78 is 7.83. The van der Waals surface area contributed by atoms with Gasteiger partial charge in [-0.15, -0.1) is 0 Å². The first-order chi connectivity index (χ1) is 18.6. The largest absolute Gasteiger partial charge is 0.399 e. The zero-order chi connectivity index (χ0) is 27.8. The highest BCUT2D eigenvalue weighted by atomic mass is 35.5. The predicted octanol–water partition coefficient (Wildman–Crippen LogP) is 6.05. The van der Waals surface area contributed by atoms with Gasteiger partial charge in [-0.1, -0.05) is 55.3 Å². The van der Waals surface area contributed by atoms with Crippen LogP contribution in [0.3, 0.4) is 0 Å². The highest BCUT2D eigenvalue weighted by molar-refractivity contribution is 6.32. The van der Waals surface area contributed by atoms with Crippen molar-refractivity contribution in [2.75, 3.05) is 17.3 Å². The Labute approximate surface area is 236 Å². The summed E-state index contributed by atoms with van der Waals surface area (Å²) in [5.74, 6) is -0.667. The second-order valence-corrected chi connectivity index (χ2v) is 11.4. The van der Waals surface area contributed by atoms with Gasteiger partial charge in [-0.3, -0.25) is 14.5 Å². The molecule has 0 bridgehead atoms. The fraction of sp³-hybridized carbons (Fsp3) is 0.267. The van der Waals surface area contributed by atoms with Crippen LogP contribution in [-0.2, 0) is 15.1 Å². The molecule has 9 heteroatoms. The van der Waals surface area contributed by atoms with E-state index in [1.165, 1.54) is 0 Å². The average molecular weight is 563 g/mol. The summed E-state index contributed by atoms with van der Waals surface area (Å²) in [7, 11) is 1.64. The van der Waals surface area contributed by atoms with E-state index in [0.717, 1.165) is 11.3 Å². The van der Waals surface area contributed by atoms with Gasteiger partial charge >= 0.3 is 0 Å². The number of methoxy groups -OCH3 is 1. The van der Waals surface area contributed by atoms with E-state index in [0.29, 0.717) is 43.8 Å². The molecule has 2 amide bonds. The number of amides is 2. The zero-order valence-corrected chi connectivity index (χ0v) is 23.5. The zero-order valence-electron chi connectivity index (χ0n) is 22.0. The van der Waals surface area contributed by atoms with Crippen LogP contribution in [0.5, 0.6) is 0 Å². The maximum atomic E-state index is 14.5. The van der Waals surface area contributed by atoms with Crippen LogP contribution >= 0.6 is 23.2 Å². The van der Waals surface area contributed by atoms with Crippen molar-refractivity contribution in [2.24, 2.45) is 5.73 Å². The second-order valence-electron chi connectivity index (χ2n) is 10.5. The normalized spacial score (nSPS) is 23.5. The molecule has 7 nitrogen and oxygen atoms in total. The van der Waals surface area contributed by atoms with Gasteiger partial charge in [-0.25, -0.2) is 0 Å². The number of nitrogens with zero attached hydrogens (tertiary/aromatic N) is 2. The quantitative estimate of drug-likeness (QED) is 0.405. The van der Waals surface area contributed by atoms with Gasteiger partial charge in [-0.05, 0) is 54.8 Å². The van der Waals surface area contributed by atoms with Crippen LogP contribution in [0.1, 0.15) is 58.5 Å². The van der Waals surface area contributed by atoms with E-state index in [2.05, 4.69) is 19.2 Å². The molecule has 39 heavy (non-hydrogen) atoms. The molecule has 0 saturated heterocycles. The summed E-state index contributed by atoms with van der Waals surface area (Å²) in [6.45, 7) is 6.02. The summed E-state index contributed by atoms with van der Waals surface area (Å²) in [6.07, 6.45) is 7.19. The lowest BCUT2D eigenvalue weighted by molar-refractivity contribution is -0.119. The number of allylic oxidation sites excluding steroid dienone is 1. The molecule has 3 aliphatic rings. The van der Waals surface area contributed by atoms with E-state index in [-0.39, 0.29) is 29.9 Å². The second kappa shape index (κ2) is 9.01. The van der Waals surface area contributed by atoms with Crippen molar-refractivity contribution in [3.63, 3.8) is 0 Å². The van der Waals surface area contributed by atoms with Crippen LogP contribution in [0, 0.1) is 6.92 Å². The van der Waals surface area contributed by atoms with Gasteiger partial charge in [0.2, 0.25) is 0 Å². The summed E-state index contributed by atoms with van der Waals surface area (Å²) in [6, 6.07) is 10.4. The number of aryl methyl sites for hydroxylation is 1. The van der Waals surface area contributed by atoms with Gasteiger partial charge in [-0.2, -0.15) is 0 Å². The maximum absolute atomic E-state index is 14.5. The first-order valence-corrected chi connectivity index (χ1v) is 13.5. The smallest absolute Gasteiger partial charge is 0.261 e. The molecule has 3 N–H and O–H groups in total. The molecular formula is C30H28Cl2N4O3. The molecule has 200 valence electrons. The Morgan fingerprint density at radius 1 is 1.10 bits per heavy atom. The Hall–Kier alpha value is -3.52. The molecule has 0 saturated carbocycles. The lowest BCUT2D eigenvalue weighted by Gasteiger charge is -2.37. The summed E-state index contributed by atoms with van der Waals surface area (Å²) in [5, 5.41) is 3.98. The summed E-state index contributed by atoms with van der Waals surface area (Å²) >= 11 is 12.8. The van der Waals surface area contributed by atoms with Crippen molar-refractivity contribution in [2.45, 2.75) is 44.4 Å². The fourth-order valence-electron chi connectivity index (χ4n) is 6.28. The number of nitrogens with one attached hydrogen (secondary N) is 1. The molecule has 2 aromatic carbocycles. The molecule has 1 spiro atoms. The van der Waals surface area contributed by atoms with Crippen molar-refractivity contribution >= 4 is 46.4 Å². The van der Waals surface area contributed by atoms with Crippen molar-refractivity contribution < 1.29 is 14.3 Å². The Morgan fingerprint density at radius 2 is 1.82 bits per heavy atom. The maximum Gasteiger partial charge on any atom is 0.261 e. The van der Waals surface area contributed by atoms with Gasteiger partial charge in [0.15, 0.2) is 5.54 Å². The van der Waals surface area contributed by atoms with Crippen LogP contribution in [0.25, 0.3) is 0 Å². The number of benzene rings is 2. The van der Waals surface area contributed by atoms with Crippen molar-refractivity contribution in [3.05, 3.63) is 105 Å². The molecule has 1 aromatic heterocycles. The number of aromatic nitrogens is 1. The molecule has 0 radical (unpaired) electrons. The molecule has 3 atom stereocenters. The minimum atomic E-state index is -1.46. The van der Waals surface area contributed by atoms with E-state index in [4.69, 9.17) is 33.7 Å². The Morgan fingerprint density at radius 3 is 2.54 bits per heavy atom. The number of halogens is 2. The number of hydrogen-bond donors (Lipinski definition) is 2. The van der Waals surface area contributed by atoms with E-state index >= 15 is 0 Å². The van der Waals surface area contributed by atoms with Gasteiger partial charge in [0.25, 0.3) is 11.8 Å². The number of ether oxygens (including phenoxy) is 1. The highest BCUT2D eigenvalue weighted by Crippen LogP contribution is 2.56. The fourth-order valence-corrected chi connectivity index (χ4v) is 6.62. The van der Waals surface area contributed by atoms with Crippen LogP contribution in [0.4, 0.5) is 11.4 Å². The third-order valence-electron chi connectivity index (χ3n) is 7.88. The number of nitrogens with two attached hydrogens (primary N) is 1. The molecule has 0 fully saturated rings. The first-order valence-electron chi connectivity index (χ1n) is 12.7. The standard InChI is InChI=1S/C30H28Cl2N4O3/c1-15(2)27-26-20(14-35(27)24-13-19(33)8-10-25(24)39-4)28(37)36(23-12-18(32)6-5-16(23)3)30(26)21-9-7-17(31)11-22(21)34-29(30)38/h5-15,24-25H,33H2,1-4H3,(H,34,38). The molecular weight excluding hydrogens is 535 g/mol. The third-order valence-corrected chi connectivity index (χ3v) is 8.35. The van der Waals surface area contributed by atoms with Gasteiger partial charge < -0.3 is 20.4 Å². The van der Waals surface area contributed by atoms with Crippen molar-refractivity contribution in [1.29, 1.82) is 0 Å². The molecule has 6 rings (SSSR count). The van der Waals surface area contributed by atoms with Crippen molar-refractivity contribution in [3.8, 4) is 0 Å². The topological polar surface area (TPSA) is 89.6 Å². The van der Waals surface area contributed by atoms with Gasteiger partial charge in [0.05, 0.1) is 23.4 Å². The lowest BCUT2D eigenvalue weighted by Crippen LogP contribution is -2.51. The Bertz CT molecular complexity index is 1620. The first kappa shape index (κ1) is 25.7. The SMILES string of the molecule is COC1C=CC(N)=CC1n1cc2c(c1C(C)C)C1(C(=O)Nc3cc(Cl)ccc31)N(c1cc(Cl)ccc1C)C2=O. The van der Waals surface area contributed by atoms with Crippen LogP contribution in [0.15, 0.2) is 66.5 Å². The number of anilines is 2. The van der Waals surface area contributed by atoms with Gasteiger partial charge in [0, 0.05) is 51.6 Å². The molecule has 1 aliphatic carbocycles. The molecule has 3 heterocycles. The number of carbonyl (C=O) groups excluding carboxylic acids is 2. The molecule has 3 aromatic rings. The lowest BCUT2D eigenvalue weighted by atomic mass is 9.81. The van der Waals surface area contributed by atoms with Crippen LogP contribution in [-0.4, -0.2) is 29.6 Å². The third kappa shape index (κ3) is 3.53. The van der Waals surface area contributed by atoms with Gasteiger partial charge in [0.1, 0.15) is 0 Å². The Balaban J connectivity index is 1.71. The van der Waals surface area contributed by atoms with Crippen LogP contribution in [0.2, 0.25) is 10.0 Å². The van der Waals surface area contributed by atoms with E-state index in [1.54, 1.807) is 36.3 Å². The summed E-state index contributed by atoms with van der Waals surface area (Å²) in [4.78, 5) is 30.4. The molecule has 2 aliphatic heterocycles. The monoisotopic (exact) mass is 562 g/mol. The number of rotatable bonds is 4. The molecule has 3 unspecified atom stereocenters. The van der Waals surface area contributed by atoms with Crippen LogP contribution < -0.4 is 16.0 Å². The number of carbonyl (C=O) groups is 2. The van der Waals surface area contributed by atoms with E-state index < -0.39 is 5.54 Å². The van der Waals surface area contributed by atoms with Crippen molar-refractivity contribution in [1.82, 2.24) is 4.57 Å². The Kier molecular flexibility index (Phi) is 5.95. The summed E-state index contributed by atoms with van der Waals surface area (Å²) in [5.41, 5.74) is 9.92. The number of fused-ring (bicyclic) bond motifs is 4. The minimum Gasteiger partial charge on any atom is -0.399 e.